The highest BCUT2D eigenvalue weighted by molar-refractivity contribution is 8.00. The Bertz CT molecular complexity index is 366. The summed E-state index contributed by atoms with van der Waals surface area (Å²) in [5.74, 6) is -2.08. The van der Waals surface area contributed by atoms with Crippen molar-refractivity contribution in [2.75, 3.05) is 11.5 Å². The summed E-state index contributed by atoms with van der Waals surface area (Å²) >= 11 is 2.06. The quantitative estimate of drug-likeness (QED) is 0.440. The van der Waals surface area contributed by atoms with Gasteiger partial charge in [-0.25, -0.2) is 9.97 Å². The number of carboxylic acid groups (broad SMARTS) is 2. The van der Waals surface area contributed by atoms with Crippen molar-refractivity contribution >= 4 is 35.5 Å². The molecule has 0 saturated carbocycles. The third-order valence-corrected chi connectivity index (χ3v) is 3.04. The van der Waals surface area contributed by atoms with Crippen LogP contribution in [0.15, 0.2) is 22.4 Å². The van der Waals surface area contributed by atoms with E-state index in [0.29, 0.717) is 10.2 Å². The Morgan fingerprint density at radius 1 is 1.19 bits per heavy atom. The molecular formula is C8H8N2O4S2. The minimum absolute atomic E-state index is 0.0833. The van der Waals surface area contributed by atoms with Crippen LogP contribution in [0.1, 0.15) is 0 Å². The molecule has 86 valence electrons. The number of rotatable bonds is 6. The lowest BCUT2D eigenvalue weighted by molar-refractivity contribution is -0.134. The van der Waals surface area contributed by atoms with Gasteiger partial charge in [-0.2, -0.15) is 0 Å². The summed E-state index contributed by atoms with van der Waals surface area (Å²) in [6.45, 7) is 0. The van der Waals surface area contributed by atoms with Gasteiger partial charge in [-0.1, -0.05) is 23.5 Å². The lowest BCUT2D eigenvalue weighted by Crippen LogP contribution is -2.01. The third kappa shape index (κ3) is 4.99. The first-order valence-electron chi connectivity index (χ1n) is 4.10. The zero-order valence-corrected chi connectivity index (χ0v) is 9.62. The van der Waals surface area contributed by atoms with Crippen LogP contribution in [0.5, 0.6) is 0 Å². The highest BCUT2D eigenvalue weighted by Gasteiger charge is 2.05. The zero-order valence-electron chi connectivity index (χ0n) is 7.99. The maximum Gasteiger partial charge on any atom is 0.313 e. The number of carboxylic acids is 2. The van der Waals surface area contributed by atoms with E-state index in [-0.39, 0.29) is 11.5 Å². The van der Waals surface area contributed by atoms with Crippen molar-refractivity contribution in [3.05, 3.63) is 12.3 Å². The SMILES string of the molecule is O=C(O)CSc1ccnc(SCC(=O)O)n1. The first kappa shape index (κ1) is 12.8. The molecule has 1 aromatic rings. The van der Waals surface area contributed by atoms with Gasteiger partial charge in [0.1, 0.15) is 5.03 Å². The Kier molecular flexibility index (Phi) is 5.06. The van der Waals surface area contributed by atoms with Gasteiger partial charge < -0.3 is 10.2 Å². The van der Waals surface area contributed by atoms with Crippen molar-refractivity contribution in [2.24, 2.45) is 0 Å². The Balaban J connectivity index is 2.56. The van der Waals surface area contributed by atoms with Crippen molar-refractivity contribution in [1.82, 2.24) is 9.97 Å². The second-order valence-corrected chi connectivity index (χ2v) is 4.48. The van der Waals surface area contributed by atoms with Crippen LogP contribution >= 0.6 is 23.5 Å². The van der Waals surface area contributed by atoms with Crippen LogP contribution in [0.3, 0.4) is 0 Å². The highest BCUT2D eigenvalue weighted by Crippen LogP contribution is 2.18. The molecular weight excluding hydrogens is 252 g/mol. The van der Waals surface area contributed by atoms with Crippen LogP contribution < -0.4 is 0 Å². The van der Waals surface area contributed by atoms with E-state index < -0.39 is 11.9 Å². The predicted molar refractivity (Wildman–Crippen MR) is 58.8 cm³/mol. The van der Waals surface area contributed by atoms with Gasteiger partial charge in [-0.05, 0) is 6.07 Å². The third-order valence-electron chi connectivity index (χ3n) is 1.28. The fraction of sp³-hybridized carbons (Fsp3) is 0.250. The molecule has 1 aromatic heterocycles. The molecule has 0 radical (unpaired) electrons. The second-order valence-electron chi connectivity index (χ2n) is 2.54. The minimum atomic E-state index is -0.947. The van der Waals surface area contributed by atoms with Crippen LogP contribution in [0.25, 0.3) is 0 Å². The first-order valence-corrected chi connectivity index (χ1v) is 6.07. The van der Waals surface area contributed by atoms with Gasteiger partial charge in [0.05, 0.1) is 11.5 Å². The fourth-order valence-electron chi connectivity index (χ4n) is 0.737. The molecule has 0 aliphatic heterocycles. The summed E-state index contributed by atoms with van der Waals surface area (Å²) in [5, 5.41) is 17.8. The normalized spacial score (nSPS) is 10.0. The van der Waals surface area contributed by atoms with E-state index in [4.69, 9.17) is 10.2 Å². The van der Waals surface area contributed by atoms with Crippen LogP contribution in [-0.4, -0.2) is 43.6 Å². The average Bonchev–Trinajstić information content (AvgIpc) is 2.24. The molecule has 0 bridgehead atoms. The number of thioether (sulfide) groups is 2. The van der Waals surface area contributed by atoms with E-state index in [2.05, 4.69) is 9.97 Å². The van der Waals surface area contributed by atoms with E-state index >= 15 is 0 Å². The molecule has 0 unspecified atom stereocenters. The molecule has 0 aliphatic rings. The number of nitrogens with zero attached hydrogens (tertiary/aromatic N) is 2. The molecule has 0 spiro atoms. The summed E-state index contributed by atoms with van der Waals surface area (Å²) in [6.07, 6.45) is 1.47. The van der Waals surface area contributed by atoms with Crippen molar-refractivity contribution in [3.63, 3.8) is 0 Å². The molecule has 0 atom stereocenters. The number of aliphatic carboxylic acids is 2. The van der Waals surface area contributed by atoms with Gasteiger partial charge in [0.25, 0.3) is 0 Å². The summed E-state index contributed by atoms with van der Waals surface area (Å²) in [5.41, 5.74) is 0. The molecule has 1 heterocycles. The molecule has 6 nitrogen and oxygen atoms in total. The van der Waals surface area contributed by atoms with Gasteiger partial charge in [-0.15, -0.1) is 0 Å². The monoisotopic (exact) mass is 260 g/mol. The van der Waals surface area contributed by atoms with E-state index in [1.54, 1.807) is 6.07 Å². The van der Waals surface area contributed by atoms with Crippen LogP contribution in [0.2, 0.25) is 0 Å². The maximum atomic E-state index is 10.3. The largest absolute Gasteiger partial charge is 0.481 e. The smallest absolute Gasteiger partial charge is 0.313 e. The average molecular weight is 260 g/mol. The Morgan fingerprint density at radius 3 is 2.44 bits per heavy atom. The molecule has 0 aliphatic carbocycles. The molecule has 8 heteroatoms. The molecule has 2 N–H and O–H groups in total. The van der Waals surface area contributed by atoms with E-state index in [1.165, 1.54) is 6.20 Å². The van der Waals surface area contributed by atoms with Crippen molar-refractivity contribution < 1.29 is 19.8 Å². The number of carbonyl (C=O) groups is 2. The lowest BCUT2D eigenvalue weighted by Gasteiger charge is -2.00. The highest BCUT2D eigenvalue weighted by atomic mass is 32.2. The first-order chi connectivity index (χ1) is 7.58. The van der Waals surface area contributed by atoms with Gasteiger partial charge >= 0.3 is 11.9 Å². The summed E-state index contributed by atoms with van der Waals surface area (Å²) < 4.78 is 0. The number of aromatic nitrogens is 2. The van der Waals surface area contributed by atoms with Crippen molar-refractivity contribution in [2.45, 2.75) is 10.2 Å². The molecule has 0 saturated heterocycles. The van der Waals surface area contributed by atoms with Gasteiger partial charge in [0, 0.05) is 6.20 Å². The molecule has 16 heavy (non-hydrogen) atoms. The summed E-state index contributed by atoms with van der Waals surface area (Å²) in [7, 11) is 0. The van der Waals surface area contributed by atoms with Crippen LogP contribution in [0, 0.1) is 0 Å². The van der Waals surface area contributed by atoms with Crippen molar-refractivity contribution in [1.29, 1.82) is 0 Å². The van der Waals surface area contributed by atoms with Crippen LogP contribution in [-0.2, 0) is 9.59 Å². The van der Waals surface area contributed by atoms with Crippen LogP contribution in [0.4, 0.5) is 0 Å². The lowest BCUT2D eigenvalue weighted by atomic mass is 10.7. The van der Waals surface area contributed by atoms with Gasteiger partial charge in [-0.3, -0.25) is 9.59 Å². The van der Waals surface area contributed by atoms with Crippen molar-refractivity contribution in [3.8, 4) is 0 Å². The van der Waals surface area contributed by atoms with E-state index in [1.807, 2.05) is 0 Å². The molecule has 0 amide bonds. The molecule has 0 aromatic carbocycles. The van der Waals surface area contributed by atoms with Gasteiger partial charge in [0.2, 0.25) is 0 Å². The summed E-state index contributed by atoms with van der Waals surface area (Å²) in [4.78, 5) is 28.5. The Labute approximate surface area is 99.5 Å². The number of hydrogen-bond acceptors (Lipinski definition) is 6. The minimum Gasteiger partial charge on any atom is -0.481 e. The topological polar surface area (TPSA) is 100 Å². The van der Waals surface area contributed by atoms with E-state index in [0.717, 1.165) is 23.5 Å². The number of hydrogen-bond donors (Lipinski definition) is 2. The predicted octanol–water partition coefficient (Wildman–Crippen LogP) is 0.830. The Morgan fingerprint density at radius 2 is 1.81 bits per heavy atom. The molecule has 1 rings (SSSR count). The fourth-order valence-corrected chi connectivity index (χ4v) is 1.93. The molecule has 0 fully saturated rings. The maximum absolute atomic E-state index is 10.3. The Hall–Kier alpha value is -1.28. The van der Waals surface area contributed by atoms with Gasteiger partial charge in [0.15, 0.2) is 5.16 Å². The zero-order chi connectivity index (χ0) is 12.0. The summed E-state index contributed by atoms with van der Waals surface area (Å²) in [6, 6.07) is 1.58. The second kappa shape index (κ2) is 6.33. The standard InChI is InChI=1S/C8H8N2O4S2/c11-6(12)3-15-5-1-2-9-8(10-5)16-4-7(13)14/h1-2H,3-4H2,(H,11,12)(H,13,14). The van der Waals surface area contributed by atoms with E-state index in [9.17, 15) is 9.59 Å².